The lowest BCUT2D eigenvalue weighted by atomic mass is 10.1. The second-order valence-electron chi connectivity index (χ2n) is 10.7. The van der Waals surface area contributed by atoms with E-state index in [1.807, 2.05) is 13.8 Å². The van der Waals surface area contributed by atoms with E-state index < -0.39 is 30.2 Å². The van der Waals surface area contributed by atoms with Crippen LogP contribution in [0.25, 0.3) is 0 Å². The van der Waals surface area contributed by atoms with E-state index in [2.05, 4.69) is 15.3 Å². The Morgan fingerprint density at radius 2 is 1.65 bits per heavy atom. The van der Waals surface area contributed by atoms with E-state index in [0.29, 0.717) is 48.0 Å². The molecule has 0 unspecified atom stereocenters. The van der Waals surface area contributed by atoms with Gasteiger partial charge in [-0.25, -0.2) is 14.6 Å². The number of carboxylic acid groups (broad SMARTS) is 1. The van der Waals surface area contributed by atoms with Gasteiger partial charge in [-0.2, -0.15) is 18.2 Å². The summed E-state index contributed by atoms with van der Waals surface area (Å²) in [4.78, 5) is 50.0. The van der Waals surface area contributed by atoms with Crippen molar-refractivity contribution in [2.24, 2.45) is 0 Å². The maximum Gasteiger partial charge on any atom is 0.471 e. The van der Waals surface area contributed by atoms with Crippen LogP contribution in [0.1, 0.15) is 37.8 Å². The number of hydrogen-bond donors (Lipinski definition) is 2. The van der Waals surface area contributed by atoms with Crippen LogP contribution in [0.4, 0.5) is 35.4 Å². The van der Waals surface area contributed by atoms with Gasteiger partial charge in [-0.1, -0.05) is 42.5 Å². The number of carbonyl (C=O) groups excluding carboxylic acids is 2. The van der Waals surface area contributed by atoms with Crippen molar-refractivity contribution in [2.75, 3.05) is 47.8 Å². The van der Waals surface area contributed by atoms with Crippen molar-refractivity contribution in [3.8, 4) is 5.75 Å². The molecular formula is C32H37F3N6O5. The number of rotatable bonds is 13. The zero-order chi connectivity index (χ0) is 33.3. The highest BCUT2D eigenvalue weighted by atomic mass is 19.4. The molecule has 2 heterocycles. The van der Waals surface area contributed by atoms with Gasteiger partial charge in [0.15, 0.2) is 5.82 Å². The highest BCUT2D eigenvalue weighted by Gasteiger charge is 2.44. The summed E-state index contributed by atoms with van der Waals surface area (Å²) < 4.78 is 47.0. The van der Waals surface area contributed by atoms with Crippen molar-refractivity contribution in [3.63, 3.8) is 0 Å². The van der Waals surface area contributed by atoms with Crippen molar-refractivity contribution in [3.05, 3.63) is 71.9 Å². The number of nitrogens with one attached hydrogen (secondary N) is 1. The third-order valence-corrected chi connectivity index (χ3v) is 7.59. The molecule has 0 spiro atoms. The zero-order valence-corrected chi connectivity index (χ0v) is 25.7. The summed E-state index contributed by atoms with van der Waals surface area (Å²) in [5, 5.41) is 12.9. The summed E-state index contributed by atoms with van der Waals surface area (Å²) in [6.45, 7) is 5.54. The molecule has 0 bridgehead atoms. The minimum Gasteiger partial charge on any atom is -0.480 e. The lowest BCUT2D eigenvalue weighted by Crippen LogP contribution is -2.43. The van der Waals surface area contributed by atoms with E-state index >= 15 is 0 Å². The number of hydrogen-bond acceptors (Lipinski definition) is 8. The number of carboxylic acids is 1. The lowest BCUT2D eigenvalue weighted by molar-refractivity contribution is -0.170. The van der Waals surface area contributed by atoms with E-state index in [9.17, 15) is 32.7 Å². The van der Waals surface area contributed by atoms with Gasteiger partial charge in [0.25, 0.3) is 0 Å². The molecule has 14 heteroatoms. The van der Waals surface area contributed by atoms with Crippen LogP contribution in [0.3, 0.4) is 0 Å². The number of likely N-dealkylation sites (tertiary alicyclic amines) is 1. The number of amides is 2. The van der Waals surface area contributed by atoms with Gasteiger partial charge in [0, 0.05) is 39.1 Å². The molecule has 1 atom stereocenters. The van der Waals surface area contributed by atoms with Crippen LogP contribution in [-0.2, 0) is 22.4 Å². The molecule has 46 heavy (non-hydrogen) atoms. The van der Waals surface area contributed by atoms with Crippen LogP contribution < -0.4 is 19.9 Å². The fourth-order valence-electron chi connectivity index (χ4n) is 5.06. The first-order valence-corrected chi connectivity index (χ1v) is 15.1. The third kappa shape index (κ3) is 8.86. The van der Waals surface area contributed by atoms with Crippen LogP contribution in [0.2, 0.25) is 0 Å². The number of alkyl halides is 3. The minimum absolute atomic E-state index is 0.0942. The molecule has 1 aliphatic heterocycles. The van der Waals surface area contributed by atoms with Crippen LogP contribution in [0, 0.1) is 0 Å². The molecular weight excluding hydrogens is 605 g/mol. The van der Waals surface area contributed by atoms with Crippen molar-refractivity contribution >= 4 is 35.4 Å². The van der Waals surface area contributed by atoms with Gasteiger partial charge in [0.2, 0.25) is 5.95 Å². The Morgan fingerprint density at radius 1 is 1.00 bits per heavy atom. The summed E-state index contributed by atoms with van der Waals surface area (Å²) in [7, 11) is 0. The van der Waals surface area contributed by atoms with Crippen molar-refractivity contribution in [1.29, 1.82) is 0 Å². The van der Waals surface area contributed by atoms with Crippen LogP contribution in [0.15, 0.2) is 60.8 Å². The Bertz CT molecular complexity index is 1480. The number of aromatic nitrogens is 2. The largest absolute Gasteiger partial charge is 0.480 e. The van der Waals surface area contributed by atoms with Gasteiger partial charge >= 0.3 is 24.1 Å². The molecule has 3 aromatic rings. The molecule has 246 valence electrons. The van der Waals surface area contributed by atoms with E-state index in [-0.39, 0.29) is 36.8 Å². The molecule has 4 rings (SSSR count). The number of benzene rings is 2. The first kappa shape index (κ1) is 34.0. The van der Waals surface area contributed by atoms with Crippen LogP contribution in [0.5, 0.6) is 5.75 Å². The topological polar surface area (TPSA) is 128 Å². The summed E-state index contributed by atoms with van der Waals surface area (Å²) in [5.74, 6) is -3.20. The number of aliphatic carboxylic acids is 1. The van der Waals surface area contributed by atoms with Crippen LogP contribution >= 0.6 is 0 Å². The van der Waals surface area contributed by atoms with E-state index in [0.717, 1.165) is 19.0 Å². The van der Waals surface area contributed by atoms with Crippen LogP contribution in [-0.4, -0.2) is 82.9 Å². The van der Waals surface area contributed by atoms with Crippen molar-refractivity contribution in [1.82, 2.24) is 14.9 Å². The highest BCUT2D eigenvalue weighted by molar-refractivity contribution is 5.99. The summed E-state index contributed by atoms with van der Waals surface area (Å²) in [6, 6.07) is 13.6. The summed E-state index contributed by atoms with van der Waals surface area (Å²) in [5.41, 5.74) is 0.952. The molecule has 1 saturated heterocycles. The van der Waals surface area contributed by atoms with Gasteiger partial charge in [0.1, 0.15) is 17.5 Å². The summed E-state index contributed by atoms with van der Waals surface area (Å²) in [6.07, 6.45) is -2.74. The molecule has 11 nitrogen and oxygen atoms in total. The molecule has 0 saturated carbocycles. The smallest absolute Gasteiger partial charge is 0.471 e. The Morgan fingerprint density at radius 3 is 2.24 bits per heavy atom. The molecule has 0 aliphatic carbocycles. The third-order valence-electron chi connectivity index (χ3n) is 7.59. The first-order valence-electron chi connectivity index (χ1n) is 15.1. The van der Waals surface area contributed by atoms with Gasteiger partial charge in [0.05, 0.1) is 6.20 Å². The Labute approximate surface area is 265 Å². The first-order chi connectivity index (χ1) is 22.0. The number of carbonyl (C=O) groups is 3. The predicted molar refractivity (Wildman–Crippen MR) is 166 cm³/mol. The standard InChI is InChI=1S/C32H37F3N6O5/c1-3-39(4-2)30-36-21-26(41(29(44)32(33,34)35)19-16-22-10-6-5-7-11-22)27(38-30)37-25(28(42)43)20-23-12-14-24(15-13-23)46-31(45)40-17-8-9-18-40/h5-7,10-15,21,25H,3-4,8-9,16-20H2,1-2H3,(H,42,43)(H,36,37,38)/t25-/m0/s1. The van der Waals surface area contributed by atoms with Crippen molar-refractivity contribution < 1.29 is 37.4 Å². The van der Waals surface area contributed by atoms with E-state index in [4.69, 9.17) is 4.74 Å². The predicted octanol–water partition coefficient (Wildman–Crippen LogP) is 5.16. The highest BCUT2D eigenvalue weighted by Crippen LogP contribution is 2.31. The van der Waals surface area contributed by atoms with Gasteiger partial charge < -0.3 is 25.0 Å². The molecule has 1 aromatic heterocycles. The van der Waals surface area contributed by atoms with Gasteiger partial charge in [-0.15, -0.1) is 0 Å². The van der Waals surface area contributed by atoms with Crippen molar-refractivity contribution in [2.45, 2.75) is 51.7 Å². The molecule has 1 fully saturated rings. The second kappa shape index (κ2) is 15.4. The SMILES string of the molecule is CCN(CC)c1ncc(N(CCc2ccccc2)C(=O)C(F)(F)F)c(N[C@@H](Cc2ccc(OC(=O)N3CCCC3)cc2)C(=O)O)n1. The fourth-order valence-corrected chi connectivity index (χ4v) is 5.06. The van der Waals surface area contributed by atoms with E-state index in [1.165, 1.54) is 0 Å². The Hall–Kier alpha value is -4.88. The number of nitrogens with zero attached hydrogens (tertiary/aromatic N) is 5. The maximum absolute atomic E-state index is 13.8. The normalized spacial score (nSPS) is 13.6. The number of halogens is 3. The monoisotopic (exact) mass is 642 g/mol. The molecule has 2 aromatic carbocycles. The zero-order valence-electron chi connectivity index (χ0n) is 25.7. The lowest BCUT2D eigenvalue weighted by Gasteiger charge is -2.28. The molecule has 2 N–H and O–H groups in total. The second-order valence-corrected chi connectivity index (χ2v) is 10.7. The van der Waals surface area contributed by atoms with E-state index in [1.54, 1.807) is 64.4 Å². The minimum atomic E-state index is -5.21. The summed E-state index contributed by atoms with van der Waals surface area (Å²) >= 11 is 0. The quantitative estimate of drug-likeness (QED) is 0.260. The average Bonchev–Trinajstić information content (AvgIpc) is 3.58. The molecule has 1 aliphatic rings. The number of ether oxygens (including phenoxy) is 1. The fraction of sp³-hybridized carbons (Fsp3) is 0.406. The molecule has 2 amide bonds. The van der Waals surface area contributed by atoms with Gasteiger partial charge in [-0.3, -0.25) is 9.69 Å². The Kier molecular flexibility index (Phi) is 11.4. The van der Waals surface area contributed by atoms with Gasteiger partial charge in [-0.05, 0) is 56.4 Å². The number of anilines is 3. The maximum atomic E-state index is 13.8. The average molecular weight is 643 g/mol. The Balaban J connectivity index is 1.63. The molecule has 0 radical (unpaired) electrons.